The maximum atomic E-state index is 15.3. The first-order valence-corrected chi connectivity index (χ1v) is 11.3. The molecule has 3 heterocycles. The molecule has 2 aliphatic rings. The number of nitrogens with zero attached hydrogens (tertiary/aromatic N) is 5. The average Bonchev–Trinajstić information content (AvgIpc) is 3.29. The van der Waals surface area contributed by atoms with Crippen molar-refractivity contribution in [2.45, 2.75) is 44.3 Å². The Balaban J connectivity index is 1.46. The van der Waals surface area contributed by atoms with Gasteiger partial charge in [0, 0.05) is 37.6 Å². The van der Waals surface area contributed by atoms with E-state index in [4.69, 9.17) is 11.6 Å². The second kappa shape index (κ2) is 8.39. The minimum Gasteiger partial charge on any atom is -0.477 e. The lowest BCUT2D eigenvalue weighted by Gasteiger charge is -2.24. The smallest absolute Gasteiger partial charge is 0.341 e. The number of carboxylic acid groups (broad SMARTS) is 1. The van der Waals surface area contributed by atoms with Crippen molar-refractivity contribution in [1.82, 2.24) is 24.9 Å². The molecule has 34 heavy (non-hydrogen) atoms. The monoisotopic (exact) mass is 488 g/mol. The predicted octanol–water partition coefficient (Wildman–Crippen LogP) is 2.37. The van der Waals surface area contributed by atoms with Crippen molar-refractivity contribution in [1.29, 1.82) is 0 Å². The number of rotatable bonds is 6. The van der Waals surface area contributed by atoms with Crippen molar-refractivity contribution in [2.75, 3.05) is 18.0 Å². The first-order chi connectivity index (χ1) is 16.3. The van der Waals surface area contributed by atoms with Gasteiger partial charge in [-0.3, -0.25) is 9.59 Å². The Kier molecular flexibility index (Phi) is 5.51. The summed E-state index contributed by atoms with van der Waals surface area (Å²) < 4.78 is 18.4. The molecule has 1 amide bonds. The zero-order valence-corrected chi connectivity index (χ0v) is 19.0. The number of benzene rings is 1. The first kappa shape index (κ1) is 22.3. The van der Waals surface area contributed by atoms with Gasteiger partial charge in [0.2, 0.25) is 11.3 Å². The number of nitrogens with one attached hydrogen (secondary N) is 1. The Morgan fingerprint density at radius 1 is 1.32 bits per heavy atom. The van der Waals surface area contributed by atoms with Crippen LogP contribution in [-0.4, -0.2) is 55.7 Å². The Labute approximate surface area is 197 Å². The first-order valence-electron chi connectivity index (χ1n) is 11.0. The number of aromatic carboxylic acids is 1. The third kappa shape index (κ3) is 3.79. The van der Waals surface area contributed by atoms with Crippen LogP contribution in [0.5, 0.6) is 0 Å². The fraction of sp³-hybridized carbons (Fsp3) is 0.409. The zero-order valence-electron chi connectivity index (χ0n) is 18.2. The van der Waals surface area contributed by atoms with Crippen molar-refractivity contribution < 1.29 is 19.1 Å². The summed E-state index contributed by atoms with van der Waals surface area (Å²) in [5, 5.41) is 20.0. The number of pyridine rings is 1. The van der Waals surface area contributed by atoms with Gasteiger partial charge >= 0.3 is 5.97 Å². The number of carbonyl (C=O) groups is 2. The molecule has 10 nitrogen and oxygen atoms in total. The molecular weight excluding hydrogens is 467 g/mol. The van der Waals surface area contributed by atoms with Crippen LogP contribution >= 0.6 is 11.6 Å². The fourth-order valence-corrected chi connectivity index (χ4v) is 4.87. The van der Waals surface area contributed by atoms with E-state index in [1.807, 2.05) is 0 Å². The minimum absolute atomic E-state index is 0.0147. The molecule has 0 radical (unpaired) electrons. The van der Waals surface area contributed by atoms with Gasteiger partial charge < -0.3 is 19.9 Å². The predicted molar refractivity (Wildman–Crippen MR) is 122 cm³/mol. The lowest BCUT2D eigenvalue weighted by Crippen LogP contribution is -2.40. The highest BCUT2D eigenvalue weighted by Crippen LogP contribution is 2.42. The van der Waals surface area contributed by atoms with Crippen LogP contribution in [0.15, 0.2) is 29.5 Å². The molecule has 2 aromatic heterocycles. The second-order valence-electron chi connectivity index (χ2n) is 8.73. The largest absolute Gasteiger partial charge is 0.477 e. The van der Waals surface area contributed by atoms with Gasteiger partial charge in [-0.1, -0.05) is 16.8 Å². The summed E-state index contributed by atoms with van der Waals surface area (Å²) in [6.45, 7) is 2.49. The lowest BCUT2D eigenvalue weighted by molar-refractivity contribution is -0.124. The third-order valence-electron chi connectivity index (χ3n) is 6.42. The highest BCUT2D eigenvalue weighted by molar-refractivity contribution is 6.38. The van der Waals surface area contributed by atoms with Crippen molar-refractivity contribution >= 4 is 40.1 Å². The number of halogens is 2. The number of carboxylic acids is 1. The number of hydrogen-bond acceptors (Lipinski definition) is 6. The molecule has 0 bridgehead atoms. The zero-order chi connectivity index (χ0) is 24.1. The van der Waals surface area contributed by atoms with E-state index in [1.54, 1.807) is 22.6 Å². The van der Waals surface area contributed by atoms with Crippen LogP contribution in [0.3, 0.4) is 0 Å². The molecule has 178 valence electrons. The molecule has 1 aliphatic heterocycles. The molecule has 1 aliphatic carbocycles. The fourth-order valence-electron chi connectivity index (χ4n) is 4.46. The van der Waals surface area contributed by atoms with Gasteiger partial charge in [0.05, 0.1) is 27.8 Å². The van der Waals surface area contributed by atoms with Crippen LogP contribution in [0.1, 0.15) is 48.6 Å². The summed E-state index contributed by atoms with van der Waals surface area (Å²) in [5.74, 6) is -2.30. The Hall–Kier alpha value is -3.47. The molecule has 5 rings (SSSR count). The highest BCUT2D eigenvalue weighted by atomic mass is 35.5. The van der Waals surface area contributed by atoms with E-state index in [0.717, 1.165) is 18.9 Å². The van der Waals surface area contributed by atoms with E-state index in [-0.39, 0.29) is 34.1 Å². The minimum atomic E-state index is -1.36. The SMILES string of the molecule is CC(C(=O)NC1CCN(c2c(F)cc3c(=O)c(C(=O)O)cn(C4CC4)c3c2Cl)C1)n1ccnn1. The lowest BCUT2D eigenvalue weighted by atomic mass is 10.1. The Morgan fingerprint density at radius 2 is 2.09 bits per heavy atom. The summed E-state index contributed by atoms with van der Waals surface area (Å²) in [4.78, 5) is 38.6. The average molecular weight is 489 g/mol. The van der Waals surface area contributed by atoms with Gasteiger partial charge in [0.1, 0.15) is 17.4 Å². The normalized spacial score (nSPS) is 18.9. The van der Waals surface area contributed by atoms with Crippen molar-refractivity contribution in [2.24, 2.45) is 0 Å². The quantitative estimate of drug-likeness (QED) is 0.546. The molecule has 2 atom stereocenters. The van der Waals surface area contributed by atoms with E-state index in [0.29, 0.717) is 25.0 Å². The van der Waals surface area contributed by atoms with Crippen LogP contribution in [0, 0.1) is 5.82 Å². The van der Waals surface area contributed by atoms with Gasteiger partial charge in [-0.15, -0.1) is 5.10 Å². The van der Waals surface area contributed by atoms with Gasteiger partial charge in [-0.25, -0.2) is 13.9 Å². The van der Waals surface area contributed by atoms with Crippen LogP contribution in [0.4, 0.5) is 10.1 Å². The standard InChI is InChI=1S/C22H22ClFN6O4/c1-11(30-7-5-25-27-30)21(32)26-12-4-6-28(9-12)19-16(24)8-14-18(17(19)23)29(13-2-3-13)10-15(20(14)31)22(33)34/h5,7-8,10-13H,2-4,6,9H2,1H3,(H,26,32)(H,33,34). The number of anilines is 1. The molecule has 1 aromatic carbocycles. The maximum Gasteiger partial charge on any atom is 0.341 e. The molecule has 12 heteroatoms. The van der Waals surface area contributed by atoms with E-state index in [2.05, 4.69) is 15.6 Å². The van der Waals surface area contributed by atoms with Crippen LogP contribution < -0.4 is 15.6 Å². The summed E-state index contributed by atoms with van der Waals surface area (Å²) in [6, 6.07) is 0.308. The van der Waals surface area contributed by atoms with E-state index in [1.165, 1.54) is 17.1 Å². The molecule has 1 saturated heterocycles. The Bertz CT molecular complexity index is 1350. The summed E-state index contributed by atoms with van der Waals surface area (Å²) >= 11 is 6.68. The van der Waals surface area contributed by atoms with E-state index < -0.39 is 28.8 Å². The van der Waals surface area contributed by atoms with Crippen molar-refractivity contribution in [3.05, 3.63) is 51.3 Å². The van der Waals surface area contributed by atoms with Gasteiger partial charge in [-0.2, -0.15) is 0 Å². The van der Waals surface area contributed by atoms with E-state index in [9.17, 15) is 19.5 Å². The molecule has 2 unspecified atom stereocenters. The maximum absolute atomic E-state index is 15.3. The Morgan fingerprint density at radius 3 is 2.74 bits per heavy atom. The third-order valence-corrected chi connectivity index (χ3v) is 6.78. The number of fused-ring (bicyclic) bond motifs is 1. The van der Waals surface area contributed by atoms with Crippen molar-refractivity contribution in [3.8, 4) is 0 Å². The molecule has 1 saturated carbocycles. The van der Waals surface area contributed by atoms with Crippen LogP contribution in [0.2, 0.25) is 5.02 Å². The molecular formula is C22H22ClFN6O4. The number of carbonyl (C=O) groups excluding carboxylic acids is 1. The summed E-state index contributed by atoms with van der Waals surface area (Å²) in [5.41, 5.74) is -0.691. The summed E-state index contributed by atoms with van der Waals surface area (Å²) in [7, 11) is 0. The topological polar surface area (TPSA) is 122 Å². The molecule has 3 aromatic rings. The number of hydrogen-bond donors (Lipinski definition) is 2. The molecule has 0 spiro atoms. The molecule has 2 fully saturated rings. The molecule has 2 N–H and O–H groups in total. The highest BCUT2D eigenvalue weighted by Gasteiger charge is 2.33. The van der Waals surface area contributed by atoms with Crippen molar-refractivity contribution in [3.63, 3.8) is 0 Å². The van der Waals surface area contributed by atoms with Gasteiger partial charge in [-0.05, 0) is 32.3 Å². The van der Waals surface area contributed by atoms with Gasteiger partial charge in [0.15, 0.2) is 0 Å². The number of aromatic nitrogens is 4. The van der Waals surface area contributed by atoms with E-state index >= 15 is 4.39 Å². The van der Waals surface area contributed by atoms with Gasteiger partial charge in [0.25, 0.3) is 0 Å². The summed E-state index contributed by atoms with van der Waals surface area (Å²) in [6.07, 6.45) is 6.62. The number of amides is 1. The van der Waals surface area contributed by atoms with Crippen LogP contribution in [-0.2, 0) is 4.79 Å². The second-order valence-corrected chi connectivity index (χ2v) is 9.11. The van der Waals surface area contributed by atoms with Crippen LogP contribution in [0.25, 0.3) is 10.9 Å².